The zero-order valence-corrected chi connectivity index (χ0v) is 17.2. The summed E-state index contributed by atoms with van der Waals surface area (Å²) in [7, 11) is -2.28. The molecule has 4 rings (SSSR count). The molecule has 0 amide bonds. The predicted molar refractivity (Wildman–Crippen MR) is 107 cm³/mol. The quantitative estimate of drug-likeness (QED) is 0.788. The third kappa shape index (κ3) is 3.11. The van der Waals surface area contributed by atoms with Crippen LogP contribution in [0.2, 0.25) is 0 Å². The van der Waals surface area contributed by atoms with Crippen LogP contribution < -0.4 is 14.8 Å². The molecule has 8 heteroatoms. The smallest absolute Gasteiger partial charge is 0.319 e. The normalized spacial score (nSPS) is 21.6. The molecule has 0 saturated carbocycles. The number of ether oxygens (including phenoxy) is 2. The molecule has 2 aliphatic heterocycles. The van der Waals surface area contributed by atoms with Gasteiger partial charge in [-0.2, -0.15) is 0 Å². The summed E-state index contributed by atoms with van der Waals surface area (Å²) in [5.41, 5.74) is 2.18. The summed E-state index contributed by atoms with van der Waals surface area (Å²) in [6.45, 7) is 4.58. The number of rotatable bonds is 4. The molecule has 2 aromatic rings. The second kappa shape index (κ2) is 6.66. The molecule has 0 bridgehead atoms. The number of carboxylic acids is 1. The third-order valence-corrected chi connectivity index (χ3v) is 7.57. The van der Waals surface area contributed by atoms with E-state index >= 15 is 0 Å². The molecule has 0 radical (unpaired) electrons. The molecular formula is C21H23NO6S. The molecule has 2 aromatic carbocycles. The number of aliphatic carboxylic acids is 1. The fourth-order valence-corrected chi connectivity index (χ4v) is 5.46. The number of hydrogen-bond donors (Lipinski definition) is 2. The number of benzene rings is 2. The largest absolute Gasteiger partial charge is 0.496 e. The standard InChI is InChI=1S/C21H23NO6S/c1-21(2)13-9-12(29(25,26)11-18(23)24)7-8-15(13)22-20-14(21)10-28-17-6-4-5-16(27-3)19(17)20/h4-9,14,20,22H,10-11H2,1-3H3,(H,23,24)/t14-,20-/m0/s1. The van der Waals surface area contributed by atoms with E-state index < -0.39 is 27.0 Å². The van der Waals surface area contributed by atoms with Crippen LogP contribution in [-0.2, 0) is 20.0 Å². The van der Waals surface area contributed by atoms with Crippen molar-refractivity contribution >= 4 is 21.5 Å². The number of carbonyl (C=O) groups is 1. The summed E-state index contributed by atoms with van der Waals surface area (Å²) in [5, 5.41) is 12.5. The van der Waals surface area contributed by atoms with E-state index in [1.807, 2.05) is 18.2 Å². The van der Waals surface area contributed by atoms with Crippen LogP contribution in [0, 0.1) is 5.92 Å². The Balaban J connectivity index is 1.82. The van der Waals surface area contributed by atoms with Gasteiger partial charge in [0.05, 0.1) is 30.2 Å². The lowest BCUT2D eigenvalue weighted by molar-refractivity contribution is -0.134. The lowest BCUT2D eigenvalue weighted by atomic mass is 9.65. The fourth-order valence-electron chi connectivity index (χ4n) is 4.40. The molecule has 0 saturated heterocycles. The molecule has 2 aliphatic rings. The van der Waals surface area contributed by atoms with Gasteiger partial charge in [0.15, 0.2) is 15.6 Å². The molecule has 0 unspecified atom stereocenters. The predicted octanol–water partition coefficient (Wildman–Crippen LogP) is 3.01. The molecule has 0 fully saturated rings. The highest BCUT2D eigenvalue weighted by molar-refractivity contribution is 7.92. The number of fused-ring (bicyclic) bond motifs is 4. The SMILES string of the molecule is COc1cccc2c1[C@H]1Nc3ccc(S(=O)(=O)CC(=O)O)cc3C(C)(C)[C@H]1CO2. The van der Waals surface area contributed by atoms with Crippen molar-refractivity contribution < 1.29 is 27.8 Å². The van der Waals surface area contributed by atoms with E-state index in [0.29, 0.717) is 6.61 Å². The highest BCUT2D eigenvalue weighted by atomic mass is 32.2. The third-order valence-electron chi connectivity index (χ3n) is 5.97. The van der Waals surface area contributed by atoms with Crippen LogP contribution in [0.5, 0.6) is 11.5 Å². The monoisotopic (exact) mass is 417 g/mol. The Labute approximate surface area is 169 Å². The number of carboxylic acid groups (broad SMARTS) is 1. The fraction of sp³-hybridized carbons (Fsp3) is 0.381. The van der Waals surface area contributed by atoms with E-state index in [1.54, 1.807) is 19.2 Å². The summed E-state index contributed by atoms with van der Waals surface area (Å²) in [5.74, 6) is -0.761. The Hall–Kier alpha value is -2.74. The van der Waals surface area contributed by atoms with E-state index in [2.05, 4.69) is 19.2 Å². The minimum Gasteiger partial charge on any atom is -0.496 e. The van der Waals surface area contributed by atoms with Crippen molar-refractivity contribution in [2.45, 2.75) is 30.2 Å². The first-order valence-corrected chi connectivity index (χ1v) is 11.0. The van der Waals surface area contributed by atoms with E-state index in [9.17, 15) is 13.2 Å². The summed E-state index contributed by atoms with van der Waals surface area (Å²) in [4.78, 5) is 11.0. The van der Waals surface area contributed by atoms with Crippen molar-refractivity contribution in [2.75, 3.05) is 24.8 Å². The number of anilines is 1. The Kier molecular flexibility index (Phi) is 4.49. The average molecular weight is 417 g/mol. The van der Waals surface area contributed by atoms with E-state index in [0.717, 1.165) is 28.3 Å². The first kappa shape index (κ1) is 19.6. The lowest BCUT2D eigenvalue weighted by Gasteiger charge is -2.48. The van der Waals surface area contributed by atoms with E-state index in [-0.39, 0.29) is 16.9 Å². The van der Waals surface area contributed by atoms with Crippen LogP contribution >= 0.6 is 0 Å². The molecule has 2 heterocycles. The molecular weight excluding hydrogens is 394 g/mol. The molecule has 2 N–H and O–H groups in total. The Bertz CT molecular complexity index is 1080. The first-order valence-electron chi connectivity index (χ1n) is 9.30. The summed E-state index contributed by atoms with van der Waals surface area (Å²) in [6, 6.07) is 10.4. The van der Waals surface area contributed by atoms with E-state index in [4.69, 9.17) is 14.6 Å². The molecule has 2 atom stereocenters. The Morgan fingerprint density at radius 2 is 2.07 bits per heavy atom. The van der Waals surface area contributed by atoms with Crippen LogP contribution in [0.4, 0.5) is 5.69 Å². The van der Waals surface area contributed by atoms with Crippen molar-refractivity contribution in [3.8, 4) is 11.5 Å². The van der Waals surface area contributed by atoms with Gasteiger partial charge in [-0.3, -0.25) is 4.79 Å². The van der Waals surface area contributed by atoms with Crippen LogP contribution in [0.25, 0.3) is 0 Å². The molecule has 7 nitrogen and oxygen atoms in total. The zero-order chi connectivity index (χ0) is 21.0. The second-order valence-electron chi connectivity index (χ2n) is 7.99. The molecule has 0 aliphatic carbocycles. The van der Waals surface area contributed by atoms with Gasteiger partial charge in [-0.15, -0.1) is 0 Å². The minimum atomic E-state index is -3.91. The van der Waals surface area contributed by atoms with Crippen LogP contribution in [-0.4, -0.2) is 39.0 Å². The number of hydrogen-bond acceptors (Lipinski definition) is 6. The van der Waals surface area contributed by atoms with Crippen molar-refractivity contribution in [1.29, 1.82) is 0 Å². The van der Waals surface area contributed by atoms with Crippen molar-refractivity contribution in [3.05, 3.63) is 47.5 Å². The highest BCUT2D eigenvalue weighted by Gasteiger charge is 2.47. The maximum atomic E-state index is 12.4. The maximum absolute atomic E-state index is 12.4. The topological polar surface area (TPSA) is 102 Å². The molecule has 29 heavy (non-hydrogen) atoms. The Morgan fingerprint density at radius 1 is 1.31 bits per heavy atom. The van der Waals surface area contributed by atoms with Gasteiger partial charge in [-0.25, -0.2) is 8.42 Å². The van der Waals surface area contributed by atoms with Crippen LogP contribution in [0.15, 0.2) is 41.3 Å². The van der Waals surface area contributed by atoms with Crippen molar-refractivity contribution in [1.82, 2.24) is 0 Å². The van der Waals surface area contributed by atoms with Gasteiger partial charge in [0.2, 0.25) is 0 Å². The van der Waals surface area contributed by atoms with Gasteiger partial charge in [0.1, 0.15) is 11.5 Å². The zero-order valence-electron chi connectivity index (χ0n) is 16.4. The molecule has 0 aromatic heterocycles. The van der Waals surface area contributed by atoms with Gasteiger partial charge in [0.25, 0.3) is 0 Å². The average Bonchev–Trinajstić information content (AvgIpc) is 2.66. The van der Waals surface area contributed by atoms with E-state index in [1.165, 1.54) is 6.07 Å². The summed E-state index contributed by atoms with van der Waals surface area (Å²) >= 11 is 0. The minimum absolute atomic E-state index is 0.0154. The second-order valence-corrected chi connectivity index (χ2v) is 9.98. The first-order chi connectivity index (χ1) is 13.6. The molecule has 154 valence electrons. The van der Waals surface area contributed by atoms with Gasteiger partial charge >= 0.3 is 5.97 Å². The van der Waals surface area contributed by atoms with Gasteiger partial charge in [-0.1, -0.05) is 19.9 Å². The van der Waals surface area contributed by atoms with Crippen molar-refractivity contribution in [2.24, 2.45) is 5.92 Å². The van der Waals surface area contributed by atoms with Gasteiger partial charge < -0.3 is 19.9 Å². The highest BCUT2D eigenvalue weighted by Crippen LogP contribution is 2.54. The van der Waals surface area contributed by atoms with Gasteiger partial charge in [0, 0.05) is 17.0 Å². The van der Waals surface area contributed by atoms with Crippen LogP contribution in [0.3, 0.4) is 0 Å². The Morgan fingerprint density at radius 3 is 2.76 bits per heavy atom. The van der Waals surface area contributed by atoms with Crippen LogP contribution in [0.1, 0.15) is 31.0 Å². The van der Waals surface area contributed by atoms with Crippen molar-refractivity contribution in [3.63, 3.8) is 0 Å². The maximum Gasteiger partial charge on any atom is 0.319 e. The molecule has 0 spiro atoms. The number of nitrogens with one attached hydrogen (secondary N) is 1. The number of methoxy groups -OCH3 is 1. The summed E-state index contributed by atoms with van der Waals surface area (Å²) in [6.07, 6.45) is 0. The number of sulfone groups is 1. The lowest BCUT2D eigenvalue weighted by Crippen LogP contribution is -2.46. The van der Waals surface area contributed by atoms with Gasteiger partial charge in [-0.05, 0) is 35.9 Å². The summed E-state index contributed by atoms with van der Waals surface area (Å²) < 4.78 is 36.4.